The Morgan fingerprint density at radius 3 is 2.71 bits per heavy atom. The van der Waals surface area contributed by atoms with Crippen molar-refractivity contribution in [2.75, 3.05) is 13.1 Å². The monoisotopic (exact) mass is 472 g/mol. The zero-order chi connectivity index (χ0) is 24.6. The summed E-state index contributed by atoms with van der Waals surface area (Å²) in [6.45, 7) is 6.64. The average Bonchev–Trinajstić information content (AvgIpc) is 3.18. The standard InChI is InChI=1S/C24H26F2N4O4/c1-14(2)34-24(31)29-7-5-19(15(3)12-29)17-9-20(25)22(27-11-17)13-28-6-4-16-8-18(30(32)33)10-21(26)23(16)28/h4,6,8-11,14-15,19H,5,7,12-13H2,1-3H3. The number of nitrogens with zero attached hydrogens (tertiary/aromatic N) is 4. The van der Waals surface area contributed by atoms with Crippen LogP contribution in [-0.2, 0) is 11.3 Å². The van der Waals surface area contributed by atoms with Gasteiger partial charge in [-0.25, -0.2) is 13.6 Å². The van der Waals surface area contributed by atoms with Gasteiger partial charge in [-0.3, -0.25) is 15.1 Å². The fraction of sp³-hybridized carbons (Fsp3) is 0.417. The Balaban J connectivity index is 1.50. The number of amides is 1. The number of pyridine rings is 1. The van der Waals surface area contributed by atoms with Gasteiger partial charge >= 0.3 is 6.09 Å². The maximum Gasteiger partial charge on any atom is 0.410 e. The van der Waals surface area contributed by atoms with Crippen molar-refractivity contribution in [2.45, 2.75) is 45.8 Å². The van der Waals surface area contributed by atoms with Crippen LogP contribution in [0.1, 0.15) is 44.4 Å². The summed E-state index contributed by atoms with van der Waals surface area (Å²) in [6.07, 6.45) is 3.33. The molecule has 1 aliphatic heterocycles. The number of likely N-dealkylation sites (tertiary alicyclic amines) is 1. The Labute approximate surface area is 195 Å². The third-order valence-electron chi connectivity index (χ3n) is 6.20. The first-order valence-electron chi connectivity index (χ1n) is 11.2. The van der Waals surface area contributed by atoms with Crippen molar-refractivity contribution in [3.05, 3.63) is 69.7 Å². The third kappa shape index (κ3) is 4.71. The van der Waals surface area contributed by atoms with Gasteiger partial charge in [0.2, 0.25) is 0 Å². The van der Waals surface area contributed by atoms with Crippen molar-refractivity contribution in [1.82, 2.24) is 14.5 Å². The van der Waals surface area contributed by atoms with Crippen LogP contribution in [0.25, 0.3) is 10.9 Å². The van der Waals surface area contributed by atoms with E-state index in [1.807, 2.05) is 6.92 Å². The molecule has 3 heterocycles. The van der Waals surface area contributed by atoms with Gasteiger partial charge in [-0.1, -0.05) is 6.92 Å². The van der Waals surface area contributed by atoms with Crippen molar-refractivity contribution < 1.29 is 23.2 Å². The number of carbonyl (C=O) groups excluding carboxylic acids is 1. The number of ether oxygens (including phenoxy) is 1. The number of fused-ring (bicyclic) bond motifs is 1. The summed E-state index contributed by atoms with van der Waals surface area (Å²) in [7, 11) is 0. The van der Waals surface area contributed by atoms with E-state index in [9.17, 15) is 23.7 Å². The first kappa shape index (κ1) is 23.6. The molecule has 2 aromatic heterocycles. The van der Waals surface area contributed by atoms with E-state index in [1.165, 1.54) is 16.7 Å². The summed E-state index contributed by atoms with van der Waals surface area (Å²) in [5.41, 5.74) is 0.716. The molecule has 0 bridgehead atoms. The molecule has 1 saturated heterocycles. The molecule has 1 aliphatic rings. The first-order chi connectivity index (χ1) is 16.1. The summed E-state index contributed by atoms with van der Waals surface area (Å²) in [5.74, 6) is -1.11. The Morgan fingerprint density at radius 1 is 1.29 bits per heavy atom. The van der Waals surface area contributed by atoms with Crippen molar-refractivity contribution >= 4 is 22.7 Å². The van der Waals surface area contributed by atoms with Gasteiger partial charge in [-0.2, -0.15) is 0 Å². The molecule has 8 nitrogen and oxygen atoms in total. The molecular formula is C24H26F2N4O4. The van der Waals surface area contributed by atoms with Gasteiger partial charge in [0, 0.05) is 36.9 Å². The first-order valence-corrected chi connectivity index (χ1v) is 11.2. The third-order valence-corrected chi connectivity index (χ3v) is 6.20. The minimum Gasteiger partial charge on any atom is -0.447 e. The SMILES string of the molecule is CC(C)OC(=O)N1CCC(c2cnc(Cn3ccc4cc([N+](=O)[O-])cc(F)c43)c(F)c2)C(C)C1. The predicted octanol–water partition coefficient (Wildman–Crippen LogP) is 5.24. The van der Waals surface area contributed by atoms with Crippen LogP contribution in [-0.4, -0.2) is 44.7 Å². The maximum absolute atomic E-state index is 15.0. The quantitative estimate of drug-likeness (QED) is 0.374. The molecule has 180 valence electrons. The Morgan fingerprint density at radius 2 is 2.06 bits per heavy atom. The molecule has 10 heteroatoms. The summed E-state index contributed by atoms with van der Waals surface area (Å²) < 4.78 is 36.3. The molecule has 2 atom stereocenters. The number of hydrogen-bond acceptors (Lipinski definition) is 5. The second-order valence-electron chi connectivity index (χ2n) is 9.01. The van der Waals surface area contributed by atoms with Gasteiger partial charge in [0.05, 0.1) is 34.8 Å². The molecule has 2 unspecified atom stereocenters. The number of piperidine rings is 1. The highest BCUT2D eigenvalue weighted by molar-refractivity contribution is 5.83. The second-order valence-corrected chi connectivity index (χ2v) is 9.01. The minimum atomic E-state index is -0.747. The van der Waals surface area contributed by atoms with Crippen LogP contribution in [0.5, 0.6) is 0 Å². The van der Waals surface area contributed by atoms with Crippen LogP contribution in [0.3, 0.4) is 0 Å². The predicted molar refractivity (Wildman–Crippen MR) is 122 cm³/mol. The number of hydrogen-bond donors (Lipinski definition) is 0. The molecule has 1 fully saturated rings. The van der Waals surface area contributed by atoms with Gasteiger partial charge in [-0.05, 0) is 49.8 Å². The van der Waals surface area contributed by atoms with Gasteiger partial charge in [0.1, 0.15) is 5.82 Å². The van der Waals surface area contributed by atoms with Crippen LogP contribution < -0.4 is 0 Å². The fourth-order valence-corrected chi connectivity index (χ4v) is 4.56. The highest BCUT2D eigenvalue weighted by atomic mass is 19.1. The van der Waals surface area contributed by atoms with E-state index < -0.39 is 16.6 Å². The van der Waals surface area contributed by atoms with E-state index in [0.717, 1.165) is 11.6 Å². The van der Waals surface area contributed by atoms with Crippen LogP contribution >= 0.6 is 0 Å². The molecule has 0 radical (unpaired) electrons. The van der Waals surface area contributed by atoms with Crippen molar-refractivity contribution in [3.8, 4) is 0 Å². The van der Waals surface area contributed by atoms with Crippen molar-refractivity contribution in [3.63, 3.8) is 0 Å². The zero-order valence-corrected chi connectivity index (χ0v) is 19.2. The van der Waals surface area contributed by atoms with Crippen LogP contribution in [0.4, 0.5) is 19.3 Å². The number of nitro benzene ring substituents is 1. The number of halogens is 2. The number of benzene rings is 1. The van der Waals surface area contributed by atoms with Crippen LogP contribution in [0.2, 0.25) is 0 Å². The molecule has 0 spiro atoms. The smallest absolute Gasteiger partial charge is 0.410 e. The fourth-order valence-electron chi connectivity index (χ4n) is 4.56. The zero-order valence-electron chi connectivity index (χ0n) is 19.2. The Hall–Kier alpha value is -3.56. The van der Waals surface area contributed by atoms with E-state index in [1.54, 1.807) is 37.2 Å². The highest BCUT2D eigenvalue weighted by Gasteiger charge is 2.31. The molecule has 0 N–H and O–H groups in total. The van der Waals surface area contributed by atoms with E-state index in [-0.39, 0.29) is 47.5 Å². The molecule has 4 rings (SSSR count). The lowest BCUT2D eigenvalue weighted by molar-refractivity contribution is -0.384. The lowest BCUT2D eigenvalue weighted by Gasteiger charge is -2.36. The number of nitro groups is 1. The maximum atomic E-state index is 15.0. The van der Waals surface area contributed by atoms with E-state index in [0.29, 0.717) is 24.9 Å². The van der Waals surface area contributed by atoms with E-state index in [2.05, 4.69) is 4.98 Å². The van der Waals surface area contributed by atoms with Gasteiger partial charge in [-0.15, -0.1) is 0 Å². The van der Waals surface area contributed by atoms with Gasteiger partial charge in [0.15, 0.2) is 5.82 Å². The largest absolute Gasteiger partial charge is 0.447 e. The molecule has 34 heavy (non-hydrogen) atoms. The normalized spacial score (nSPS) is 18.5. The summed E-state index contributed by atoms with van der Waals surface area (Å²) in [6, 6.07) is 5.15. The molecule has 1 amide bonds. The highest BCUT2D eigenvalue weighted by Crippen LogP contribution is 2.34. The summed E-state index contributed by atoms with van der Waals surface area (Å²) >= 11 is 0. The number of non-ortho nitro benzene ring substituents is 1. The van der Waals surface area contributed by atoms with Crippen molar-refractivity contribution in [1.29, 1.82) is 0 Å². The Kier molecular flexibility index (Phi) is 6.49. The second kappa shape index (κ2) is 9.36. The average molecular weight is 472 g/mol. The molecule has 0 aliphatic carbocycles. The minimum absolute atomic E-state index is 0.0145. The molecular weight excluding hydrogens is 446 g/mol. The van der Waals surface area contributed by atoms with E-state index >= 15 is 0 Å². The lowest BCUT2D eigenvalue weighted by Crippen LogP contribution is -2.43. The van der Waals surface area contributed by atoms with Crippen molar-refractivity contribution in [2.24, 2.45) is 5.92 Å². The Bertz CT molecular complexity index is 1240. The lowest BCUT2D eigenvalue weighted by atomic mass is 9.82. The van der Waals surface area contributed by atoms with Gasteiger partial charge < -0.3 is 14.2 Å². The number of aromatic nitrogens is 2. The molecule has 3 aromatic rings. The van der Waals surface area contributed by atoms with E-state index in [4.69, 9.17) is 4.74 Å². The summed E-state index contributed by atoms with van der Waals surface area (Å²) in [5, 5.41) is 11.3. The topological polar surface area (TPSA) is 90.5 Å². The molecule has 1 aromatic carbocycles. The number of rotatable bonds is 5. The molecule has 0 saturated carbocycles. The van der Waals surface area contributed by atoms with Crippen LogP contribution in [0.15, 0.2) is 36.7 Å². The number of carbonyl (C=O) groups is 1. The summed E-state index contributed by atoms with van der Waals surface area (Å²) in [4.78, 5) is 28.5. The van der Waals surface area contributed by atoms with Crippen LogP contribution in [0, 0.1) is 27.7 Å². The van der Waals surface area contributed by atoms with Gasteiger partial charge in [0.25, 0.3) is 5.69 Å².